The molecular weight excluding hydrogens is 356 g/mol. The Labute approximate surface area is 164 Å². The number of nitrogens with one attached hydrogen (secondary N) is 1. The van der Waals surface area contributed by atoms with Gasteiger partial charge in [-0.05, 0) is 44.9 Å². The van der Waals surface area contributed by atoms with Gasteiger partial charge in [0.2, 0.25) is 0 Å². The zero-order valence-electron chi connectivity index (χ0n) is 16.8. The van der Waals surface area contributed by atoms with Crippen molar-refractivity contribution in [3.8, 4) is 22.8 Å². The van der Waals surface area contributed by atoms with Gasteiger partial charge in [0, 0.05) is 36.0 Å². The van der Waals surface area contributed by atoms with Crippen molar-refractivity contribution in [2.75, 3.05) is 32.7 Å². The van der Waals surface area contributed by atoms with E-state index in [1.807, 2.05) is 42.6 Å². The first kappa shape index (κ1) is 18.6. The van der Waals surface area contributed by atoms with Gasteiger partial charge in [-0.1, -0.05) is 0 Å². The Hall–Kier alpha value is -2.80. The van der Waals surface area contributed by atoms with Gasteiger partial charge in [-0.2, -0.15) is 9.61 Å². The van der Waals surface area contributed by atoms with Gasteiger partial charge in [-0.3, -0.25) is 0 Å². The minimum absolute atomic E-state index is 0.255. The lowest BCUT2D eigenvalue weighted by Crippen LogP contribution is -2.20. The summed E-state index contributed by atoms with van der Waals surface area (Å²) in [6.45, 7) is 5.66. The summed E-state index contributed by atoms with van der Waals surface area (Å²) in [4.78, 5) is 4.71. The van der Waals surface area contributed by atoms with Gasteiger partial charge in [-0.25, -0.2) is 4.98 Å². The zero-order chi connectivity index (χ0) is 19.7. The Morgan fingerprint density at radius 1 is 1.18 bits per heavy atom. The largest absolute Gasteiger partial charge is 0.493 e. The molecule has 1 aromatic carbocycles. The maximum atomic E-state index is 5.73. The number of rotatable bonds is 6. The zero-order valence-corrected chi connectivity index (χ0v) is 16.8. The lowest BCUT2D eigenvalue weighted by atomic mass is 10.1. The van der Waals surface area contributed by atoms with Gasteiger partial charge in [0.25, 0.3) is 0 Å². The molecule has 1 saturated heterocycles. The molecule has 0 amide bonds. The molecule has 1 fully saturated rings. The van der Waals surface area contributed by atoms with E-state index >= 15 is 0 Å². The van der Waals surface area contributed by atoms with Gasteiger partial charge in [0.05, 0.1) is 26.0 Å². The Bertz CT molecular complexity index is 993. The average molecular weight is 382 g/mol. The monoisotopic (exact) mass is 382 g/mol. The third kappa shape index (κ3) is 3.38. The normalized spacial score (nSPS) is 16.5. The fourth-order valence-electron chi connectivity index (χ4n) is 3.65. The van der Waals surface area contributed by atoms with Crippen LogP contribution in [-0.2, 0) is 4.74 Å². The summed E-state index contributed by atoms with van der Waals surface area (Å²) in [5, 5.41) is 8.35. The van der Waals surface area contributed by atoms with Crippen LogP contribution >= 0.6 is 0 Å². The van der Waals surface area contributed by atoms with Crippen LogP contribution in [0.1, 0.15) is 24.1 Å². The number of aryl methyl sites for hydroxylation is 2. The highest BCUT2D eigenvalue weighted by Gasteiger charge is 2.19. The van der Waals surface area contributed by atoms with Crippen LogP contribution in [0.5, 0.6) is 11.5 Å². The third-order valence-electron chi connectivity index (χ3n) is 5.14. The van der Waals surface area contributed by atoms with Crippen molar-refractivity contribution in [3.63, 3.8) is 0 Å². The summed E-state index contributed by atoms with van der Waals surface area (Å²) in [5.41, 5.74) is 4.66. The molecule has 1 aliphatic rings. The second-order valence-corrected chi connectivity index (χ2v) is 7.08. The van der Waals surface area contributed by atoms with Crippen molar-refractivity contribution in [3.05, 3.63) is 35.5 Å². The van der Waals surface area contributed by atoms with Crippen molar-refractivity contribution in [2.45, 2.75) is 32.8 Å². The number of ether oxygens (including phenoxy) is 3. The fourth-order valence-corrected chi connectivity index (χ4v) is 3.65. The second-order valence-electron chi connectivity index (χ2n) is 7.08. The number of benzene rings is 1. The minimum Gasteiger partial charge on any atom is -0.493 e. The predicted octanol–water partition coefficient (Wildman–Crippen LogP) is 3.62. The van der Waals surface area contributed by atoms with Gasteiger partial charge >= 0.3 is 0 Å². The highest BCUT2D eigenvalue weighted by atomic mass is 16.5. The van der Waals surface area contributed by atoms with Crippen LogP contribution in [0.25, 0.3) is 16.9 Å². The molecule has 7 nitrogen and oxygen atoms in total. The van der Waals surface area contributed by atoms with E-state index in [2.05, 4.69) is 5.32 Å². The summed E-state index contributed by atoms with van der Waals surface area (Å²) < 4.78 is 18.4. The average Bonchev–Trinajstić information content (AvgIpc) is 3.34. The number of nitrogens with zero attached hydrogens (tertiary/aromatic N) is 3. The number of hydrogen-bond acceptors (Lipinski definition) is 6. The Kier molecular flexibility index (Phi) is 5.09. The van der Waals surface area contributed by atoms with Crippen molar-refractivity contribution >= 4 is 11.5 Å². The second kappa shape index (κ2) is 7.67. The van der Waals surface area contributed by atoms with Crippen molar-refractivity contribution in [2.24, 2.45) is 0 Å². The van der Waals surface area contributed by atoms with E-state index < -0.39 is 0 Å². The van der Waals surface area contributed by atoms with Crippen LogP contribution in [0.15, 0.2) is 24.3 Å². The van der Waals surface area contributed by atoms with E-state index in [4.69, 9.17) is 24.3 Å². The molecule has 28 heavy (non-hydrogen) atoms. The molecular formula is C21H26N4O3. The third-order valence-corrected chi connectivity index (χ3v) is 5.14. The van der Waals surface area contributed by atoms with Crippen LogP contribution in [0.4, 0.5) is 5.82 Å². The molecule has 0 radical (unpaired) electrons. The number of fused-ring (bicyclic) bond motifs is 1. The standard InChI is InChI=1S/C21H26N4O3/c1-13-10-19(22-12-16-6-5-9-28-16)25-21(23-13)14(2)20(24-25)15-7-8-17(26-3)18(11-15)27-4/h7-8,10-11,16,22H,5-6,9,12H2,1-4H3/t16-/m1/s1. The lowest BCUT2D eigenvalue weighted by molar-refractivity contribution is 0.120. The molecule has 0 saturated carbocycles. The fraction of sp³-hybridized carbons (Fsp3) is 0.429. The molecule has 3 heterocycles. The number of methoxy groups -OCH3 is 2. The van der Waals surface area contributed by atoms with E-state index in [0.717, 1.165) is 60.0 Å². The van der Waals surface area contributed by atoms with E-state index in [9.17, 15) is 0 Å². The van der Waals surface area contributed by atoms with E-state index in [0.29, 0.717) is 11.5 Å². The van der Waals surface area contributed by atoms with Gasteiger partial charge in [-0.15, -0.1) is 0 Å². The summed E-state index contributed by atoms with van der Waals surface area (Å²) in [7, 11) is 3.27. The van der Waals surface area contributed by atoms with Crippen LogP contribution in [0.2, 0.25) is 0 Å². The molecule has 1 atom stereocenters. The number of hydrogen-bond donors (Lipinski definition) is 1. The molecule has 1 aliphatic heterocycles. The van der Waals surface area contributed by atoms with Crippen LogP contribution in [0.3, 0.4) is 0 Å². The summed E-state index contributed by atoms with van der Waals surface area (Å²) >= 11 is 0. The first-order chi connectivity index (χ1) is 13.6. The predicted molar refractivity (Wildman–Crippen MR) is 108 cm³/mol. The SMILES string of the molecule is COc1ccc(-c2nn3c(NC[C@H]4CCCO4)cc(C)nc3c2C)cc1OC. The van der Waals surface area contributed by atoms with E-state index in [1.165, 1.54) is 0 Å². The van der Waals surface area contributed by atoms with E-state index in [1.54, 1.807) is 14.2 Å². The van der Waals surface area contributed by atoms with Crippen LogP contribution < -0.4 is 14.8 Å². The Balaban J connectivity index is 1.74. The van der Waals surface area contributed by atoms with E-state index in [-0.39, 0.29) is 6.10 Å². The minimum atomic E-state index is 0.255. The van der Waals surface area contributed by atoms with Crippen molar-refractivity contribution < 1.29 is 14.2 Å². The van der Waals surface area contributed by atoms with Gasteiger partial charge in [0.1, 0.15) is 5.82 Å². The lowest BCUT2D eigenvalue weighted by Gasteiger charge is -2.13. The maximum Gasteiger partial charge on any atom is 0.161 e. The van der Waals surface area contributed by atoms with Crippen molar-refractivity contribution in [1.29, 1.82) is 0 Å². The molecule has 7 heteroatoms. The maximum absolute atomic E-state index is 5.73. The van der Waals surface area contributed by atoms with Crippen molar-refractivity contribution in [1.82, 2.24) is 14.6 Å². The van der Waals surface area contributed by atoms with Gasteiger partial charge in [0.15, 0.2) is 17.1 Å². The van der Waals surface area contributed by atoms with Crippen LogP contribution in [-0.4, -0.2) is 48.1 Å². The first-order valence-electron chi connectivity index (χ1n) is 9.55. The molecule has 1 N–H and O–H groups in total. The molecule has 4 rings (SSSR count). The molecule has 0 unspecified atom stereocenters. The summed E-state index contributed by atoms with van der Waals surface area (Å²) in [5.74, 6) is 2.30. The van der Waals surface area contributed by atoms with Gasteiger partial charge < -0.3 is 19.5 Å². The number of aromatic nitrogens is 3. The molecule has 2 aromatic heterocycles. The Morgan fingerprint density at radius 2 is 2.00 bits per heavy atom. The summed E-state index contributed by atoms with van der Waals surface area (Å²) in [6, 6.07) is 7.85. The molecule has 0 bridgehead atoms. The molecule has 0 aliphatic carbocycles. The summed E-state index contributed by atoms with van der Waals surface area (Å²) in [6.07, 6.45) is 2.47. The molecule has 148 valence electrons. The first-order valence-corrected chi connectivity index (χ1v) is 9.55. The smallest absolute Gasteiger partial charge is 0.161 e. The van der Waals surface area contributed by atoms with Crippen LogP contribution in [0, 0.1) is 13.8 Å². The highest BCUT2D eigenvalue weighted by Crippen LogP contribution is 2.34. The Morgan fingerprint density at radius 3 is 2.71 bits per heavy atom. The molecule has 3 aromatic rings. The topological polar surface area (TPSA) is 69.9 Å². The quantitative estimate of drug-likeness (QED) is 0.702. The highest BCUT2D eigenvalue weighted by molar-refractivity contribution is 5.73. The molecule has 0 spiro atoms. The number of anilines is 1.